The summed E-state index contributed by atoms with van der Waals surface area (Å²) in [5.74, 6) is 0.614. The normalized spacial score (nSPS) is 11.4. The number of rotatable bonds is 1. The molecule has 0 atom stereocenters. The standard InChI is InChI=1S/C18H15N3O/c1-11-6-5-8-13-16(11)19-17(20-18(13)22)14-10-21(2)15-9-4-3-7-12(14)15/h3-10H,1-2H3,(H,19,20,22). The predicted octanol–water partition coefficient (Wildman–Crippen LogP) is 3.39. The highest BCUT2D eigenvalue weighted by Crippen LogP contribution is 2.28. The Kier molecular flexibility index (Phi) is 2.66. The van der Waals surface area contributed by atoms with Gasteiger partial charge in [-0.3, -0.25) is 4.79 Å². The highest BCUT2D eigenvalue weighted by atomic mass is 16.1. The summed E-state index contributed by atoms with van der Waals surface area (Å²) in [6, 6.07) is 13.8. The SMILES string of the molecule is Cc1cccc2c(=O)[nH]c(-c3cn(C)c4ccccc34)nc12. The number of aromatic amines is 1. The molecule has 0 aliphatic heterocycles. The molecule has 0 aliphatic rings. The van der Waals surface area contributed by atoms with Crippen LogP contribution in [0.2, 0.25) is 0 Å². The second kappa shape index (κ2) is 4.56. The number of aryl methyl sites for hydroxylation is 2. The van der Waals surface area contributed by atoms with Crippen LogP contribution in [0.15, 0.2) is 53.5 Å². The van der Waals surface area contributed by atoms with Crippen LogP contribution in [0.4, 0.5) is 0 Å². The van der Waals surface area contributed by atoms with E-state index in [9.17, 15) is 4.79 Å². The molecule has 4 heteroatoms. The van der Waals surface area contributed by atoms with Gasteiger partial charge in [-0.05, 0) is 24.6 Å². The fourth-order valence-electron chi connectivity index (χ4n) is 2.96. The smallest absolute Gasteiger partial charge is 0.259 e. The largest absolute Gasteiger partial charge is 0.350 e. The fourth-order valence-corrected chi connectivity index (χ4v) is 2.96. The first kappa shape index (κ1) is 12.8. The van der Waals surface area contributed by atoms with Crippen molar-refractivity contribution in [3.05, 3.63) is 64.6 Å². The minimum absolute atomic E-state index is 0.100. The third-order valence-corrected chi connectivity index (χ3v) is 4.09. The molecule has 0 radical (unpaired) electrons. The van der Waals surface area contributed by atoms with Crippen molar-refractivity contribution >= 4 is 21.8 Å². The summed E-state index contributed by atoms with van der Waals surface area (Å²) in [6.07, 6.45) is 2.01. The Balaban J connectivity index is 2.09. The Bertz CT molecular complexity index is 1070. The average molecular weight is 289 g/mol. The molecule has 0 aliphatic carbocycles. The zero-order valence-electron chi connectivity index (χ0n) is 12.4. The number of benzene rings is 2. The molecule has 0 unspecified atom stereocenters. The summed E-state index contributed by atoms with van der Waals surface area (Å²) in [5, 5.41) is 1.71. The number of nitrogens with zero attached hydrogens (tertiary/aromatic N) is 2. The maximum absolute atomic E-state index is 12.4. The monoisotopic (exact) mass is 289 g/mol. The van der Waals surface area contributed by atoms with Crippen molar-refractivity contribution in [2.24, 2.45) is 7.05 Å². The molecule has 0 fully saturated rings. The molecule has 0 spiro atoms. The van der Waals surface area contributed by atoms with Gasteiger partial charge in [-0.25, -0.2) is 4.98 Å². The van der Waals surface area contributed by atoms with Gasteiger partial charge in [-0.1, -0.05) is 30.3 Å². The van der Waals surface area contributed by atoms with E-state index in [1.54, 1.807) is 6.07 Å². The molecule has 2 aromatic carbocycles. The number of hydrogen-bond acceptors (Lipinski definition) is 2. The van der Waals surface area contributed by atoms with Gasteiger partial charge >= 0.3 is 0 Å². The Hall–Kier alpha value is -2.88. The first-order chi connectivity index (χ1) is 10.6. The van der Waals surface area contributed by atoms with E-state index in [0.29, 0.717) is 11.2 Å². The summed E-state index contributed by atoms with van der Waals surface area (Å²) in [7, 11) is 2.00. The number of fused-ring (bicyclic) bond motifs is 2. The number of hydrogen-bond donors (Lipinski definition) is 1. The highest BCUT2D eigenvalue weighted by molar-refractivity contribution is 5.95. The maximum Gasteiger partial charge on any atom is 0.259 e. The van der Waals surface area contributed by atoms with E-state index >= 15 is 0 Å². The summed E-state index contributed by atoms with van der Waals surface area (Å²) in [5.41, 5.74) is 3.72. The van der Waals surface area contributed by atoms with E-state index in [1.807, 2.05) is 55.1 Å². The first-order valence-electron chi connectivity index (χ1n) is 7.19. The molecule has 2 heterocycles. The van der Waals surface area contributed by atoms with Gasteiger partial charge in [-0.15, -0.1) is 0 Å². The van der Waals surface area contributed by atoms with E-state index < -0.39 is 0 Å². The van der Waals surface area contributed by atoms with Gasteiger partial charge in [0.05, 0.1) is 10.9 Å². The van der Waals surface area contributed by atoms with Gasteiger partial charge < -0.3 is 9.55 Å². The van der Waals surface area contributed by atoms with Crippen molar-refractivity contribution in [3.8, 4) is 11.4 Å². The van der Waals surface area contributed by atoms with Crippen molar-refractivity contribution in [2.75, 3.05) is 0 Å². The number of H-pyrrole nitrogens is 1. The molecule has 0 saturated carbocycles. The lowest BCUT2D eigenvalue weighted by Crippen LogP contribution is -2.10. The summed E-state index contributed by atoms with van der Waals surface area (Å²) in [6.45, 7) is 1.97. The third kappa shape index (κ3) is 1.77. The molecule has 4 rings (SSSR count). The van der Waals surface area contributed by atoms with Crippen molar-refractivity contribution in [3.63, 3.8) is 0 Å². The van der Waals surface area contributed by atoms with Crippen molar-refractivity contribution < 1.29 is 0 Å². The minimum atomic E-state index is -0.100. The Morgan fingerprint density at radius 1 is 1.05 bits per heavy atom. The topological polar surface area (TPSA) is 50.7 Å². The minimum Gasteiger partial charge on any atom is -0.350 e. The predicted molar refractivity (Wildman–Crippen MR) is 89.0 cm³/mol. The lowest BCUT2D eigenvalue weighted by molar-refractivity contribution is 0.968. The molecular weight excluding hydrogens is 274 g/mol. The number of para-hydroxylation sites is 2. The number of nitrogens with one attached hydrogen (secondary N) is 1. The number of aromatic nitrogens is 3. The zero-order chi connectivity index (χ0) is 15.3. The van der Waals surface area contributed by atoms with E-state index in [0.717, 1.165) is 27.5 Å². The zero-order valence-corrected chi connectivity index (χ0v) is 12.4. The molecule has 108 valence electrons. The van der Waals surface area contributed by atoms with Crippen LogP contribution in [0.1, 0.15) is 5.56 Å². The Morgan fingerprint density at radius 3 is 2.68 bits per heavy atom. The van der Waals surface area contributed by atoms with Crippen LogP contribution in [0.3, 0.4) is 0 Å². The van der Waals surface area contributed by atoms with Crippen LogP contribution < -0.4 is 5.56 Å². The third-order valence-electron chi connectivity index (χ3n) is 4.09. The molecular formula is C18H15N3O. The van der Waals surface area contributed by atoms with Crippen LogP contribution in [0, 0.1) is 6.92 Å². The van der Waals surface area contributed by atoms with Gasteiger partial charge in [0.1, 0.15) is 5.82 Å². The molecule has 4 nitrogen and oxygen atoms in total. The van der Waals surface area contributed by atoms with E-state index in [4.69, 9.17) is 4.98 Å². The van der Waals surface area contributed by atoms with Crippen molar-refractivity contribution in [2.45, 2.75) is 6.92 Å². The van der Waals surface area contributed by atoms with E-state index in [2.05, 4.69) is 11.1 Å². The molecule has 1 N–H and O–H groups in total. The lowest BCUT2D eigenvalue weighted by Gasteiger charge is -2.04. The quantitative estimate of drug-likeness (QED) is 0.584. The van der Waals surface area contributed by atoms with Crippen LogP contribution in [0.5, 0.6) is 0 Å². The van der Waals surface area contributed by atoms with Gasteiger partial charge in [0, 0.05) is 29.7 Å². The summed E-state index contributed by atoms with van der Waals surface area (Å²) in [4.78, 5) is 20.0. The highest BCUT2D eigenvalue weighted by Gasteiger charge is 2.12. The second-order valence-electron chi connectivity index (χ2n) is 5.56. The maximum atomic E-state index is 12.4. The van der Waals surface area contributed by atoms with Gasteiger partial charge in [0.25, 0.3) is 5.56 Å². The molecule has 0 amide bonds. The summed E-state index contributed by atoms with van der Waals surface area (Å²) >= 11 is 0. The second-order valence-corrected chi connectivity index (χ2v) is 5.56. The first-order valence-corrected chi connectivity index (χ1v) is 7.19. The average Bonchev–Trinajstić information content (AvgIpc) is 2.86. The van der Waals surface area contributed by atoms with E-state index in [-0.39, 0.29) is 5.56 Å². The Morgan fingerprint density at radius 2 is 1.82 bits per heavy atom. The fraction of sp³-hybridized carbons (Fsp3) is 0.111. The Labute approximate surface area is 127 Å². The van der Waals surface area contributed by atoms with Crippen LogP contribution in [-0.4, -0.2) is 14.5 Å². The van der Waals surface area contributed by atoms with Gasteiger partial charge in [0.15, 0.2) is 0 Å². The van der Waals surface area contributed by atoms with Crippen LogP contribution >= 0.6 is 0 Å². The molecule has 0 saturated heterocycles. The summed E-state index contributed by atoms with van der Waals surface area (Å²) < 4.78 is 2.05. The molecule has 4 aromatic rings. The van der Waals surface area contributed by atoms with E-state index in [1.165, 1.54) is 0 Å². The van der Waals surface area contributed by atoms with Gasteiger partial charge in [0.2, 0.25) is 0 Å². The van der Waals surface area contributed by atoms with Gasteiger partial charge in [-0.2, -0.15) is 0 Å². The van der Waals surface area contributed by atoms with Crippen LogP contribution in [-0.2, 0) is 7.05 Å². The van der Waals surface area contributed by atoms with Crippen LogP contribution in [0.25, 0.3) is 33.2 Å². The molecule has 22 heavy (non-hydrogen) atoms. The molecule has 2 aromatic heterocycles. The molecule has 0 bridgehead atoms. The van der Waals surface area contributed by atoms with Crippen molar-refractivity contribution in [1.82, 2.24) is 14.5 Å². The van der Waals surface area contributed by atoms with Crippen molar-refractivity contribution in [1.29, 1.82) is 0 Å². The lowest BCUT2D eigenvalue weighted by atomic mass is 10.1.